The van der Waals surface area contributed by atoms with Crippen molar-refractivity contribution in [3.8, 4) is 0 Å². The van der Waals surface area contributed by atoms with Crippen LogP contribution in [-0.4, -0.2) is 16.9 Å². The summed E-state index contributed by atoms with van der Waals surface area (Å²) in [6.45, 7) is 0. The number of hydrogen-bond acceptors (Lipinski definition) is 3. The number of hydrogen-bond donors (Lipinski definition) is 4. The summed E-state index contributed by atoms with van der Waals surface area (Å²) in [4.78, 5) is 11.2. The fourth-order valence-electron chi connectivity index (χ4n) is 2.58. The Morgan fingerprint density at radius 3 is 2.48 bits per heavy atom. The average Bonchev–Trinajstić information content (AvgIpc) is 2.52. The van der Waals surface area contributed by atoms with E-state index in [2.05, 4.69) is 0 Å². The van der Waals surface area contributed by atoms with Crippen molar-refractivity contribution in [1.82, 2.24) is 0 Å². The molecule has 2 rings (SSSR count). The molecule has 0 amide bonds. The monoisotopic (exact) mass is 311 g/mol. The van der Waals surface area contributed by atoms with E-state index in [0.717, 1.165) is 17.5 Å². The first-order valence-corrected chi connectivity index (χ1v) is 7.46. The number of benzene rings is 2. The highest BCUT2D eigenvalue weighted by Crippen LogP contribution is 2.26. The molecule has 0 aliphatic heterocycles. The van der Waals surface area contributed by atoms with E-state index in [4.69, 9.17) is 16.9 Å². The number of nitrogens with one attached hydrogen (secondary N) is 1. The third-order valence-electron chi connectivity index (χ3n) is 3.85. The molecule has 1 atom stereocenters. The van der Waals surface area contributed by atoms with Gasteiger partial charge in [0.1, 0.15) is 5.84 Å². The fraction of sp³-hybridized carbons (Fsp3) is 0.222. The quantitative estimate of drug-likeness (QED) is 0.357. The van der Waals surface area contributed by atoms with Crippen molar-refractivity contribution < 1.29 is 9.90 Å². The maximum Gasteiger partial charge on any atom is 0.303 e. The van der Waals surface area contributed by atoms with Crippen LogP contribution in [0.15, 0.2) is 48.5 Å². The van der Waals surface area contributed by atoms with E-state index in [0.29, 0.717) is 17.7 Å². The molecule has 0 aliphatic rings. The number of aryl methyl sites for hydroxylation is 1. The number of aliphatic carboxylic acids is 1. The lowest BCUT2D eigenvalue weighted by atomic mass is 9.88. The molecule has 2 aromatic carbocycles. The Hall–Kier alpha value is -2.82. The Morgan fingerprint density at radius 2 is 1.87 bits per heavy atom. The van der Waals surface area contributed by atoms with Gasteiger partial charge in [-0.05, 0) is 48.1 Å². The third kappa shape index (κ3) is 4.85. The number of carbonyl (C=O) groups is 1. The van der Waals surface area contributed by atoms with E-state index < -0.39 is 5.97 Å². The molecule has 1 unspecified atom stereocenters. The molecule has 0 aromatic heterocycles. The lowest BCUT2D eigenvalue weighted by Gasteiger charge is -2.16. The van der Waals surface area contributed by atoms with Crippen LogP contribution >= 0.6 is 0 Å². The minimum Gasteiger partial charge on any atom is -0.481 e. The summed E-state index contributed by atoms with van der Waals surface area (Å²) in [6, 6.07) is 14.9. The van der Waals surface area contributed by atoms with Crippen LogP contribution in [0.2, 0.25) is 0 Å². The molecule has 5 nitrogen and oxygen atoms in total. The molecule has 6 N–H and O–H groups in total. The number of anilines is 1. The highest BCUT2D eigenvalue weighted by atomic mass is 16.4. The number of rotatable bonds is 7. The van der Waals surface area contributed by atoms with Crippen LogP contribution in [0.5, 0.6) is 0 Å². The molecular formula is C18H21N3O2. The van der Waals surface area contributed by atoms with Gasteiger partial charge in [0, 0.05) is 11.3 Å². The van der Waals surface area contributed by atoms with E-state index >= 15 is 0 Å². The maximum atomic E-state index is 11.2. The maximum absolute atomic E-state index is 11.2. The Kier molecular flexibility index (Phi) is 5.36. The molecule has 0 radical (unpaired) electrons. The second-order valence-electron chi connectivity index (χ2n) is 5.61. The number of amidine groups is 1. The van der Waals surface area contributed by atoms with Crippen LogP contribution in [0.4, 0.5) is 5.69 Å². The van der Waals surface area contributed by atoms with E-state index in [-0.39, 0.29) is 18.2 Å². The average molecular weight is 311 g/mol. The first-order valence-electron chi connectivity index (χ1n) is 7.46. The lowest BCUT2D eigenvalue weighted by molar-refractivity contribution is -0.137. The van der Waals surface area contributed by atoms with E-state index in [1.807, 2.05) is 36.4 Å². The number of carboxylic acid groups (broad SMARTS) is 1. The van der Waals surface area contributed by atoms with Crippen molar-refractivity contribution in [2.75, 3.05) is 5.73 Å². The zero-order chi connectivity index (χ0) is 16.8. The number of nitrogen functional groups attached to an aromatic ring is 2. The molecule has 0 aliphatic carbocycles. The summed E-state index contributed by atoms with van der Waals surface area (Å²) in [5.74, 6) is -0.968. The zero-order valence-electron chi connectivity index (χ0n) is 12.8. The Bertz CT molecular complexity index is 696. The predicted molar refractivity (Wildman–Crippen MR) is 91.6 cm³/mol. The van der Waals surface area contributed by atoms with E-state index in [1.165, 1.54) is 0 Å². The molecule has 120 valence electrons. The Labute approximate surface area is 135 Å². The molecule has 0 fully saturated rings. The molecule has 0 heterocycles. The van der Waals surface area contributed by atoms with Crippen molar-refractivity contribution in [3.63, 3.8) is 0 Å². The van der Waals surface area contributed by atoms with Crippen LogP contribution in [-0.2, 0) is 11.2 Å². The van der Waals surface area contributed by atoms with Gasteiger partial charge in [0.2, 0.25) is 0 Å². The summed E-state index contributed by atoms with van der Waals surface area (Å²) in [6.07, 6.45) is 1.52. The highest BCUT2D eigenvalue weighted by molar-refractivity contribution is 5.95. The van der Waals surface area contributed by atoms with Crippen molar-refractivity contribution in [2.24, 2.45) is 5.73 Å². The Balaban J connectivity index is 2.16. The van der Waals surface area contributed by atoms with Gasteiger partial charge in [-0.1, -0.05) is 30.3 Å². The number of nitrogens with two attached hydrogens (primary N) is 2. The molecular weight excluding hydrogens is 290 g/mol. The van der Waals surface area contributed by atoms with Gasteiger partial charge < -0.3 is 16.6 Å². The highest BCUT2D eigenvalue weighted by Gasteiger charge is 2.16. The summed E-state index contributed by atoms with van der Waals surface area (Å²) in [7, 11) is 0. The van der Waals surface area contributed by atoms with Gasteiger partial charge >= 0.3 is 5.97 Å². The molecule has 23 heavy (non-hydrogen) atoms. The van der Waals surface area contributed by atoms with Crippen molar-refractivity contribution in [3.05, 3.63) is 65.2 Å². The van der Waals surface area contributed by atoms with Gasteiger partial charge in [0.05, 0.1) is 6.42 Å². The van der Waals surface area contributed by atoms with Gasteiger partial charge in [0.15, 0.2) is 0 Å². The van der Waals surface area contributed by atoms with Crippen LogP contribution < -0.4 is 11.5 Å². The van der Waals surface area contributed by atoms with Crippen molar-refractivity contribution in [2.45, 2.75) is 25.2 Å². The summed E-state index contributed by atoms with van der Waals surface area (Å²) < 4.78 is 0. The predicted octanol–water partition coefficient (Wildman–Crippen LogP) is 2.74. The Morgan fingerprint density at radius 1 is 1.17 bits per heavy atom. The van der Waals surface area contributed by atoms with Crippen LogP contribution in [0.25, 0.3) is 0 Å². The van der Waals surface area contributed by atoms with Gasteiger partial charge in [0.25, 0.3) is 0 Å². The molecule has 5 heteroatoms. The van der Waals surface area contributed by atoms with Gasteiger partial charge in [-0.3, -0.25) is 10.2 Å². The second-order valence-corrected chi connectivity index (χ2v) is 5.61. The van der Waals surface area contributed by atoms with Crippen LogP contribution in [0.3, 0.4) is 0 Å². The standard InChI is InChI=1S/C18H21N3O2/c19-16-8-5-12(6-9-16)4-7-14(11-17(22)23)13-2-1-3-15(10-13)18(20)21/h1-3,5-6,8-10,14H,4,7,11,19H2,(H3,20,21)(H,22,23). The molecule has 2 aromatic rings. The van der Waals surface area contributed by atoms with Gasteiger partial charge in [-0.2, -0.15) is 0 Å². The van der Waals surface area contributed by atoms with Crippen molar-refractivity contribution >= 4 is 17.5 Å². The van der Waals surface area contributed by atoms with Crippen molar-refractivity contribution in [1.29, 1.82) is 5.41 Å². The zero-order valence-corrected chi connectivity index (χ0v) is 12.8. The van der Waals surface area contributed by atoms with Gasteiger partial charge in [-0.15, -0.1) is 0 Å². The molecule has 0 spiro atoms. The smallest absolute Gasteiger partial charge is 0.303 e. The largest absolute Gasteiger partial charge is 0.481 e. The van der Waals surface area contributed by atoms with E-state index in [1.54, 1.807) is 12.1 Å². The minimum atomic E-state index is -0.833. The molecule has 0 bridgehead atoms. The van der Waals surface area contributed by atoms with Crippen LogP contribution in [0.1, 0.15) is 35.4 Å². The topological polar surface area (TPSA) is 113 Å². The summed E-state index contributed by atoms with van der Waals surface area (Å²) in [5.41, 5.74) is 14.5. The second kappa shape index (κ2) is 7.45. The number of carboxylic acids is 1. The molecule has 0 saturated heterocycles. The summed E-state index contributed by atoms with van der Waals surface area (Å²) >= 11 is 0. The van der Waals surface area contributed by atoms with Gasteiger partial charge in [-0.25, -0.2) is 0 Å². The first kappa shape index (κ1) is 16.5. The lowest BCUT2D eigenvalue weighted by Crippen LogP contribution is -2.13. The fourth-order valence-corrected chi connectivity index (χ4v) is 2.58. The van der Waals surface area contributed by atoms with Crippen LogP contribution in [0, 0.1) is 5.41 Å². The minimum absolute atomic E-state index is 0.0144. The van der Waals surface area contributed by atoms with E-state index in [9.17, 15) is 9.90 Å². The first-order chi connectivity index (χ1) is 11.0. The third-order valence-corrected chi connectivity index (χ3v) is 3.85. The SMILES string of the molecule is N=C(N)c1cccc(C(CCc2ccc(N)cc2)CC(=O)O)c1. The normalized spacial score (nSPS) is 11.8. The molecule has 0 saturated carbocycles. The summed E-state index contributed by atoms with van der Waals surface area (Å²) in [5, 5.41) is 16.7.